The van der Waals surface area contributed by atoms with Gasteiger partial charge in [-0.15, -0.1) is 0 Å². The summed E-state index contributed by atoms with van der Waals surface area (Å²) < 4.78 is 10.5. The van der Waals surface area contributed by atoms with E-state index in [9.17, 15) is 4.79 Å². The number of hydrogen-bond acceptors (Lipinski definition) is 3. The molecule has 0 aromatic carbocycles. The van der Waals surface area contributed by atoms with Gasteiger partial charge in [0.15, 0.2) is 0 Å². The van der Waals surface area contributed by atoms with Gasteiger partial charge in [0, 0.05) is 20.2 Å². The third kappa shape index (κ3) is 9.77. The summed E-state index contributed by atoms with van der Waals surface area (Å²) in [6, 6.07) is 0. The molecule has 1 saturated heterocycles. The van der Waals surface area contributed by atoms with Crippen molar-refractivity contribution in [1.29, 1.82) is 0 Å². The predicted molar refractivity (Wildman–Crippen MR) is 80.5 cm³/mol. The second-order valence-corrected chi connectivity index (χ2v) is 4.90. The lowest BCUT2D eigenvalue weighted by atomic mass is 10.1. The van der Waals surface area contributed by atoms with E-state index in [1.807, 2.05) is 48.5 Å². The van der Waals surface area contributed by atoms with Crippen molar-refractivity contribution in [3.63, 3.8) is 0 Å². The number of hydrogen-bond donors (Lipinski definition) is 0. The van der Waals surface area contributed by atoms with Crippen molar-refractivity contribution in [2.75, 3.05) is 20.2 Å². The number of piperidine rings is 1. The molecule has 1 aliphatic rings. The molecule has 4 heteroatoms. The zero-order valence-electron chi connectivity index (χ0n) is 14.1. The van der Waals surface area contributed by atoms with Gasteiger partial charge in [0.05, 0.1) is 6.10 Å². The summed E-state index contributed by atoms with van der Waals surface area (Å²) >= 11 is 0. The third-order valence-corrected chi connectivity index (χ3v) is 2.43. The van der Waals surface area contributed by atoms with Gasteiger partial charge in [0.2, 0.25) is 0 Å². The van der Waals surface area contributed by atoms with Gasteiger partial charge in [-0.2, -0.15) is 0 Å². The van der Waals surface area contributed by atoms with Crippen LogP contribution in [0.2, 0.25) is 0 Å². The summed E-state index contributed by atoms with van der Waals surface area (Å²) in [5, 5.41) is 0. The van der Waals surface area contributed by atoms with Crippen LogP contribution in [-0.2, 0) is 9.47 Å². The number of carbonyl (C=O) groups excluding carboxylic acids is 1. The number of nitrogens with zero attached hydrogens (tertiary/aromatic N) is 1. The summed E-state index contributed by atoms with van der Waals surface area (Å²) in [5.74, 6) is 0. The Morgan fingerprint density at radius 3 is 1.79 bits per heavy atom. The van der Waals surface area contributed by atoms with Crippen molar-refractivity contribution >= 4 is 6.09 Å². The molecular weight excluding hydrogens is 242 g/mol. The molecule has 0 aromatic rings. The van der Waals surface area contributed by atoms with Crippen molar-refractivity contribution in [1.82, 2.24) is 4.90 Å². The van der Waals surface area contributed by atoms with Crippen LogP contribution in [0.5, 0.6) is 0 Å². The Morgan fingerprint density at radius 1 is 1.05 bits per heavy atom. The van der Waals surface area contributed by atoms with Gasteiger partial charge in [-0.1, -0.05) is 27.7 Å². The fourth-order valence-electron chi connectivity index (χ4n) is 1.60. The van der Waals surface area contributed by atoms with Crippen molar-refractivity contribution in [3.8, 4) is 0 Å². The number of rotatable bonds is 1. The van der Waals surface area contributed by atoms with Crippen molar-refractivity contribution in [2.24, 2.45) is 0 Å². The summed E-state index contributed by atoms with van der Waals surface area (Å²) in [6.45, 7) is 15.1. The average Bonchev–Trinajstić information content (AvgIpc) is 2.41. The minimum absolute atomic E-state index is 0.211. The fraction of sp³-hybridized carbons (Fsp3) is 0.933. The Morgan fingerprint density at radius 2 is 1.47 bits per heavy atom. The van der Waals surface area contributed by atoms with E-state index in [-0.39, 0.29) is 6.09 Å². The van der Waals surface area contributed by atoms with Gasteiger partial charge in [-0.3, -0.25) is 0 Å². The molecule has 0 N–H and O–H groups in total. The molecule has 1 amide bonds. The molecular formula is C15H33NO3. The monoisotopic (exact) mass is 275 g/mol. The highest BCUT2D eigenvalue weighted by atomic mass is 16.6. The molecule has 1 fully saturated rings. The lowest BCUT2D eigenvalue weighted by Crippen LogP contribution is -2.43. The van der Waals surface area contributed by atoms with E-state index in [1.54, 1.807) is 12.0 Å². The highest BCUT2D eigenvalue weighted by Gasteiger charge is 2.26. The molecule has 0 aromatic heterocycles. The molecule has 0 saturated carbocycles. The number of ether oxygens (including phenoxy) is 2. The van der Waals surface area contributed by atoms with Gasteiger partial charge >= 0.3 is 6.09 Å². The van der Waals surface area contributed by atoms with E-state index in [2.05, 4.69) is 0 Å². The number of methoxy groups -OCH3 is 1. The Hall–Kier alpha value is -0.770. The third-order valence-electron chi connectivity index (χ3n) is 2.43. The minimum Gasteiger partial charge on any atom is -0.444 e. The quantitative estimate of drug-likeness (QED) is 0.723. The number of likely N-dealkylation sites (tertiary alicyclic amines) is 1. The van der Waals surface area contributed by atoms with Gasteiger partial charge in [-0.25, -0.2) is 4.79 Å². The first kappa shape index (κ1) is 20.5. The Balaban J connectivity index is 0. The van der Waals surface area contributed by atoms with Crippen LogP contribution in [0.4, 0.5) is 4.79 Å². The standard InChI is InChI=1S/C11H21NO3.2C2H6/c1-11(2,3)15-10(13)12-7-5-9(14-4)6-8-12;2*1-2/h9H,5-8H2,1-4H3;2*1-2H3. The van der Waals surface area contributed by atoms with Crippen LogP contribution in [0.3, 0.4) is 0 Å². The van der Waals surface area contributed by atoms with Crippen LogP contribution in [-0.4, -0.2) is 42.9 Å². The highest BCUT2D eigenvalue weighted by Crippen LogP contribution is 2.16. The topological polar surface area (TPSA) is 38.8 Å². The SMILES string of the molecule is CC.CC.COC1CCN(C(=O)OC(C)(C)C)CC1. The van der Waals surface area contributed by atoms with Crippen LogP contribution in [0.15, 0.2) is 0 Å². The van der Waals surface area contributed by atoms with Crippen LogP contribution in [0.1, 0.15) is 61.3 Å². The molecule has 0 bridgehead atoms. The Bertz CT molecular complexity index is 216. The zero-order valence-corrected chi connectivity index (χ0v) is 14.1. The second-order valence-electron chi connectivity index (χ2n) is 4.90. The average molecular weight is 275 g/mol. The van der Waals surface area contributed by atoms with Gasteiger partial charge in [0.25, 0.3) is 0 Å². The molecule has 19 heavy (non-hydrogen) atoms. The lowest BCUT2D eigenvalue weighted by molar-refractivity contribution is 0.00173. The maximum atomic E-state index is 11.7. The van der Waals surface area contributed by atoms with E-state index in [4.69, 9.17) is 9.47 Å². The predicted octanol–water partition coefficient (Wildman–Crippen LogP) is 4.08. The van der Waals surface area contributed by atoms with E-state index < -0.39 is 5.60 Å². The normalized spacial score (nSPS) is 15.7. The van der Waals surface area contributed by atoms with Gasteiger partial charge < -0.3 is 14.4 Å². The number of amides is 1. The zero-order chi connectivity index (χ0) is 15.5. The lowest BCUT2D eigenvalue weighted by Gasteiger charge is -2.32. The van der Waals surface area contributed by atoms with E-state index >= 15 is 0 Å². The van der Waals surface area contributed by atoms with Crippen molar-refractivity contribution in [2.45, 2.75) is 73.0 Å². The summed E-state index contributed by atoms with van der Waals surface area (Å²) in [6.07, 6.45) is 1.88. The first-order valence-electron chi connectivity index (χ1n) is 7.43. The summed E-state index contributed by atoms with van der Waals surface area (Å²) in [7, 11) is 1.72. The van der Waals surface area contributed by atoms with Gasteiger partial charge in [0.1, 0.15) is 5.60 Å². The van der Waals surface area contributed by atoms with Crippen LogP contribution >= 0.6 is 0 Å². The molecule has 1 rings (SSSR count). The fourth-order valence-corrected chi connectivity index (χ4v) is 1.60. The molecule has 4 nitrogen and oxygen atoms in total. The highest BCUT2D eigenvalue weighted by molar-refractivity contribution is 5.68. The summed E-state index contributed by atoms with van der Waals surface area (Å²) in [5.41, 5.74) is -0.408. The van der Waals surface area contributed by atoms with E-state index in [1.165, 1.54) is 0 Å². The largest absolute Gasteiger partial charge is 0.444 e. The van der Waals surface area contributed by atoms with Crippen molar-refractivity contribution < 1.29 is 14.3 Å². The van der Waals surface area contributed by atoms with Gasteiger partial charge in [-0.05, 0) is 33.6 Å². The molecule has 1 heterocycles. The van der Waals surface area contributed by atoms with Crippen LogP contribution in [0, 0.1) is 0 Å². The molecule has 0 unspecified atom stereocenters. The molecule has 0 atom stereocenters. The molecule has 0 spiro atoms. The first-order valence-corrected chi connectivity index (χ1v) is 7.43. The maximum absolute atomic E-state index is 11.7. The molecule has 116 valence electrons. The second kappa shape index (κ2) is 11.1. The summed E-state index contributed by atoms with van der Waals surface area (Å²) in [4.78, 5) is 13.4. The Labute approximate surface area is 119 Å². The molecule has 1 aliphatic heterocycles. The molecule has 0 aliphatic carbocycles. The van der Waals surface area contributed by atoms with E-state index in [0.717, 1.165) is 25.9 Å². The Kier molecular flexibility index (Phi) is 12.0. The van der Waals surface area contributed by atoms with Crippen LogP contribution < -0.4 is 0 Å². The first-order chi connectivity index (χ1) is 8.92. The number of carbonyl (C=O) groups is 1. The molecule has 0 radical (unpaired) electrons. The van der Waals surface area contributed by atoms with E-state index in [0.29, 0.717) is 6.10 Å². The smallest absolute Gasteiger partial charge is 0.410 e. The van der Waals surface area contributed by atoms with Crippen LogP contribution in [0.25, 0.3) is 0 Å². The maximum Gasteiger partial charge on any atom is 0.410 e. The van der Waals surface area contributed by atoms with Crippen molar-refractivity contribution in [3.05, 3.63) is 0 Å². The minimum atomic E-state index is -0.408.